The molecule has 0 unspecified atom stereocenters. The lowest BCUT2D eigenvalue weighted by Gasteiger charge is -2.27. The van der Waals surface area contributed by atoms with Crippen molar-refractivity contribution in [3.63, 3.8) is 0 Å². The van der Waals surface area contributed by atoms with E-state index in [9.17, 15) is 9.90 Å². The van der Waals surface area contributed by atoms with Crippen molar-refractivity contribution in [2.45, 2.75) is 44.3 Å². The smallest absolute Gasteiger partial charge is 0.268 e. The summed E-state index contributed by atoms with van der Waals surface area (Å²) in [4.78, 5) is 16.2. The van der Waals surface area contributed by atoms with E-state index in [1.807, 2.05) is 6.07 Å². The molecular formula is C16H22N4O3. The lowest BCUT2D eigenvalue weighted by atomic mass is 10.1. The number of anilines is 2. The Balaban J connectivity index is 1.85. The maximum atomic E-state index is 12.0. The van der Waals surface area contributed by atoms with Crippen molar-refractivity contribution < 1.29 is 14.6 Å². The fourth-order valence-corrected chi connectivity index (χ4v) is 2.52. The van der Waals surface area contributed by atoms with Crippen LogP contribution in [0.4, 0.5) is 17.1 Å². The van der Waals surface area contributed by atoms with Crippen molar-refractivity contribution in [2.75, 3.05) is 17.2 Å². The van der Waals surface area contributed by atoms with Gasteiger partial charge >= 0.3 is 0 Å². The van der Waals surface area contributed by atoms with Gasteiger partial charge < -0.3 is 26.2 Å². The number of fused-ring (bicyclic) bond motifs is 1. The van der Waals surface area contributed by atoms with Crippen LogP contribution >= 0.6 is 0 Å². The average Bonchev–Trinajstić information content (AvgIpc) is 3.21. The van der Waals surface area contributed by atoms with Gasteiger partial charge in [0.05, 0.1) is 29.0 Å². The molecule has 0 saturated heterocycles. The van der Waals surface area contributed by atoms with Gasteiger partial charge in [0.25, 0.3) is 5.91 Å². The monoisotopic (exact) mass is 318 g/mol. The third-order valence-electron chi connectivity index (χ3n) is 4.04. The van der Waals surface area contributed by atoms with Crippen molar-refractivity contribution in [3.05, 3.63) is 12.1 Å². The lowest BCUT2D eigenvalue weighted by Crippen LogP contribution is -2.39. The molecule has 23 heavy (non-hydrogen) atoms. The second-order valence-electron chi connectivity index (χ2n) is 6.68. The molecule has 7 nitrogen and oxygen atoms in total. The van der Waals surface area contributed by atoms with E-state index in [1.165, 1.54) is 6.34 Å². The van der Waals surface area contributed by atoms with E-state index < -0.39 is 11.2 Å². The van der Waals surface area contributed by atoms with Gasteiger partial charge in [-0.15, -0.1) is 0 Å². The Labute approximate surface area is 134 Å². The first kappa shape index (κ1) is 15.6. The number of hydrogen-bond acceptors (Lipinski definition) is 5. The molecule has 1 aromatic rings. The third-order valence-corrected chi connectivity index (χ3v) is 4.04. The van der Waals surface area contributed by atoms with Gasteiger partial charge in [0.15, 0.2) is 5.60 Å². The van der Waals surface area contributed by atoms with Crippen molar-refractivity contribution in [2.24, 2.45) is 10.7 Å². The summed E-state index contributed by atoms with van der Waals surface area (Å²) in [5, 5.41) is 15.9. The lowest BCUT2D eigenvalue weighted by molar-refractivity contribution is -0.125. The van der Waals surface area contributed by atoms with Crippen LogP contribution in [0.15, 0.2) is 17.1 Å². The van der Waals surface area contributed by atoms with Crippen LogP contribution in [0.3, 0.4) is 0 Å². The predicted octanol–water partition coefficient (Wildman–Crippen LogP) is 1.74. The first-order valence-corrected chi connectivity index (χ1v) is 7.72. The maximum absolute atomic E-state index is 12.0. The normalized spacial score (nSPS) is 18.5. The summed E-state index contributed by atoms with van der Waals surface area (Å²) in [5.74, 6) is 0.527. The van der Waals surface area contributed by atoms with E-state index >= 15 is 0 Å². The van der Waals surface area contributed by atoms with E-state index in [-0.39, 0.29) is 5.91 Å². The highest BCUT2D eigenvalue weighted by Gasteiger charge is 2.55. The zero-order valence-corrected chi connectivity index (χ0v) is 13.3. The molecule has 1 aliphatic carbocycles. The number of benzene rings is 1. The summed E-state index contributed by atoms with van der Waals surface area (Å²) < 4.78 is 5.88. The van der Waals surface area contributed by atoms with Gasteiger partial charge in [0.1, 0.15) is 5.75 Å². The van der Waals surface area contributed by atoms with E-state index in [0.29, 0.717) is 30.1 Å². The zero-order chi connectivity index (χ0) is 16.7. The predicted molar refractivity (Wildman–Crippen MR) is 89.4 cm³/mol. The first-order chi connectivity index (χ1) is 10.8. The van der Waals surface area contributed by atoms with Crippen LogP contribution < -0.4 is 21.1 Å². The summed E-state index contributed by atoms with van der Waals surface area (Å²) in [7, 11) is 0. The quantitative estimate of drug-likeness (QED) is 0.488. The topological polar surface area (TPSA) is 109 Å². The van der Waals surface area contributed by atoms with Gasteiger partial charge in [-0.2, -0.15) is 0 Å². The van der Waals surface area contributed by atoms with Gasteiger partial charge in [0.2, 0.25) is 0 Å². The Hall–Kier alpha value is -2.28. The SMILES string of the molecule is CC(C)(O)CCNc1cc2c(cc1N=CN)NC(=O)C1(CC1)O2. The number of nitrogens with two attached hydrogens (primary N) is 1. The average molecular weight is 318 g/mol. The fourth-order valence-electron chi connectivity index (χ4n) is 2.52. The number of aliphatic imine (C=N–C) groups is 1. The zero-order valence-electron chi connectivity index (χ0n) is 13.3. The van der Waals surface area contributed by atoms with Gasteiger partial charge in [-0.1, -0.05) is 0 Å². The minimum Gasteiger partial charge on any atom is -0.475 e. The van der Waals surface area contributed by atoms with Crippen LogP contribution in [0.2, 0.25) is 0 Å². The molecule has 1 fully saturated rings. The van der Waals surface area contributed by atoms with Gasteiger partial charge in [-0.25, -0.2) is 4.99 Å². The number of aliphatic hydroxyl groups is 1. The van der Waals surface area contributed by atoms with Crippen molar-refractivity contribution in [3.8, 4) is 5.75 Å². The Bertz CT molecular complexity index is 660. The van der Waals surface area contributed by atoms with Gasteiger partial charge in [-0.3, -0.25) is 4.79 Å². The van der Waals surface area contributed by atoms with E-state index in [4.69, 9.17) is 10.5 Å². The van der Waals surface area contributed by atoms with Crippen LogP contribution in [0, 0.1) is 0 Å². The number of carbonyl (C=O) groups excluding carboxylic acids is 1. The Kier molecular flexibility index (Phi) is 3.68. The van der Waals surface area contributed by atoms with Crippen molar-refractivity contribution in [1.29, 1.82) is 0 Å². The molecule has 1 heterocycles. The standard InChI is InChI=1S/C16H22N4O3/c1-15(2,22)5-6-18-11-8-13-12(7-10(11)19-9-17)20-14(21)16(23-13)3-4-16/h7-9,18,22H,3-6H2,1-2H3,(H2,17,19)(H,20,21). The van der Waals surface area contributed by atoms with Crippen molar-refractivity contribution in [1.82, 2.24) is 0 Å². The van der Waals surface area contributed by atoms with Gasteiger partial charge in [-0.05, 0) is 26.3 Å². The summed E-state index contributed by atoms with van der Waals surface area (Å²) in [5.41, 5.74) is 5.93. The first-order valence-electron chi connectivity index (χ1n) is 7.72. The molecule has 5 N–H and O–H groups in total. The number of hydrogen-bond donors (Lipinski definition) is 4. The molecule has 0 atom stereocenters. The number of ether oxygens (including phenoxy) is 1. The molecule has 7 heteroatoms. The molecular weight excluding hydrogens is 296 g/mol. The Morgan fingerprint density at radius 1 is 1.52 bits per heavy atom. The summed E-state index contributed by atoms with van der Waals surface area (Å²) >= 11 is 0. The number of carbonyl (C=O) groups is 1. The molecule has 1 aromatic carbocycles. The second kappa shape index (κ2) is 5.42. The minimum absolute atomic E-state index is 0.101. The molecule has 1 saturated carbocycles. The van der Waals surface area contributed by atoms with Gasteiger partial charge in [0, 0.05) is 25.5 Å². The van der Waals surface area contributed by atoms with Crippen molar-refractivity contribution >= 4 is 29.3 Å². The molecule has 0 aromatic heterocycles. The molecule has 1 aliphatic heterocycles. The highest BCUT2D eigenvalue weighted by Crippen LogP contribution is 2.49. The van der Waals surface area contributed by atoms with Crippen LogP contribution in [0.25, 0.3) is 0 Å². The van der Waals surface area contributed by atoms with Crippen LogP contribution in [0.1, 0.15) is 33.1 Å². The van der Waals surface area contributed by atoms with Crippen LogP contribution in [-0.4, -0.2) is 35.1 Å². The number of rotatable bonds is 5. The molecule has 124 valence electrons. The van der Waals surface area contributed by atoms with Crippen LogP contribution in [-0.2, 0) is 4.79 Å². The Morgan fingerprint density at radius 2 is 2.26 bits per heavy atom. The molecule has 2 aliphatic rings. The fraction of sp³-hybridized carbons (Fsp3) is 0.500. The van der Waals surface area contributed by atoms with Crippen LogP contribution in [0.5, 0.6) is 5.75 Å². The number of amides is 1. The molecule has 0 radical (unpaired) electrons. The highest BCUT2D eigenvalue weighted by atomic mass is 16.5. The molecule has 1 spiro atoms. The number of nitrogens with zero attached hydrogens (tertiary/aromatic N) is 1. The third kappa shape index (κ3) is 3.24. The summed E-state index contributed by atoms with van der Waals surface area (Å²) in [6, 6.07) is 3.56. The second-order valence-corrected chi connectivity index (χ2v) is 6.68. The number of nitrogens with one attached hydrogen (secondary N) is 2. The molecule has 3 rings (SSSR count). The Morgan fingerprint density at radius 3 is 2.87 bits per heavy atom. The summed E-state index contributed by atoms with van der Waals surface area (Å²) in [6.45, 7) is 4.10. The maximum Gasteiger partial charge on any atom is 0.268 e. The largest absolute Gasteiger partial charge is 0.475 e. The van der Waals surface area contributed by atoms with E-state index in [2.05, 4.69) is 15.6 Å². The minimum atomic E-state index is -0.749. The van der Waals surface area contributed by atoms with E-state index in [0.717, 1.165) is 18.5 Å². The van der Waals surface area contributed by atoms with E-state index in [1.54, 1.807) is 19.9 Å². The molecule has 0 bridgehead atoms. The highest BCUT2D eigenvalue weighted by molar-refractivity contribution is 6.03. The molecule has 1 amide bonds. The summed E-state index contributed by atoms with van der Waals surface area (Å²) in [6.07, 6.45) is 3.26.